The van der Waals surface area contributed by atoms with Gasteiger partial charge in [-0.2, -0.15) is 0 Å². The first-order valence-electron chi connectivity index (χ1n) is 7.36. The van der Waals surface area contributed by atoms with Crippen LogP contribution in [0.4, 0.5) is 0 Å². The van der Waals surface area contributed by atoms with Crippen LogP contribution in [0.3, 0.4) is 0 Å². The quantitative estimate of drug-likeness (QED) is 0.678. The number of ether oxygens (including phenoxy) is 1. The van der Waals surface area contributed by atoms with Crippen LogP contribution in [0.1, 0.15) is 5.56 Å². The summed E-state index contributed by atoms with van der Waals surface area (Å²) in [5.74, 6) is -0.530. The fraction of sp³-hybridized carbons (Fsp3) is 0.105. The van der Waals surface area contributed by atoms with E-state index in [2.05, 4.69) is 0 Å². The largest absolute Gasteiger partial charge is 0.478 e. The molecule has 0 heterocycles. The summed E-state index contributed by atoms with van der Waals surface area (Å²) in [6.07, 6.45) is -0.940. The molecule has 3 rings (SSSR count). The second-order valence-electron chi connectivity index (χ2n) is 5.34. The van der Waals surface area contributed by atoms with Crippen LogP contribution in [0.5, 0.6) is 5.75 Å². The number of aliphatic carboxylic acids is 1. The van der Waals surface area contributed by atoms with Crippen LogP contribution < -0.4 is 4.74 Å². The Kier molecular flexibility index (Phi) is 4.93. The lowest BCUT2D eigenvalue weighted by atomic mass is 10.1. The van der Waals surface area contributed by atoms with Gasteiger partial charge in [-0.1, -0.05) is 71.7 Å². The summed E-state index contributed by atoms with van der Waals surface area (Å²) in [4.78, 5) is 11.6. The zero-order valence-corrected chi connectivity index (χ0v) is 14.1. The maximum absolute atomic E-state index is 11.6. The lowest BCUT2D eigenvalue weighted by Crippen LogP contribution is -2.29. The van der Waals surface area contributed by atoms with Gasteiger partial charge in [-0.05, 0) is 23.1 Å². The summed E-state index contributed by atoms with van der Waals surface area (Å²) in [6, 6.07) is 18.4. The molecule has 122 valence electrons. The van der Waals surface area contributed by atoms with Crippen molar-refractivity contribution in [3.63, 3.8) is 0 Å². The van der Waals surface area contributed by atoms with Crippen LogP contribution in [0.2, 0.25) is 10.0 Å². The van der Waals surface area contributed by atoms with Gasteiger partial charge >= 0.3 is 5.97 Å². The first-order valence-corrected chi connectivity index (χ1v) is 8.12. The molecular formula is C19H14Cl2O3. The number of fused-ring (bicyclic) bond motifs is 1. The topological polar surface area (TPSA) is 46.5 Å². The average molecular weight is 361 g/mol. The van der Waals surface area contributed by atoms with Gasteiger partial charge in [-0.15, -0.1) is 0 Å². The summed E-state index contributed by atoms with van der Waals surface area (Å²) < 4.78 is 5.79. The molecule has 1 N–H and O–H groups in total. The maximum Gasteiger partial charge on any atom is 0.345 e. The molecule has 24 heavy (non-hydrogen) atoms. The fourth-order valence-electron chi connectivity index (χ4n) is 2.54. The maximum atomic E-state index is 11.6. The minimum absolute atomic E-state index is 0.123. The summed E-state index contributed by atoms with van der Waals surface area (Å²) in [5.41, 5.74) is 0.636. The fourth-order valence-corrected chi connectivity index (χ4v) is 2.93. The third-order valence-corrected chi connectivity index (χ3v) is 4.59. The number of carbonyl (C=O) groups is 1. The molecule has 0 aliphatic heterocycles. The molecule has 0 fully saturated rings. The Morgan fingerprint density at radius 1 is 1.00 bits per heavy atom. The Balaban J connectivity index is 1.92. The van der Waals surface area contributed by atoms with Gasteiger partial charge in [-0.25, -0.2) is 4.79 Å². The number of benzene rings is 3. The second-order valence-corrected chi connectivity index (χ2v) is 6.12. The van der Waals surface area contributed by atoms with E-state index in [1.165, 1.54) is 0 Å². The van der Waals surface area contributed by atoms with Crippen molar-refractivity contribution in [2.75, 3.05) is 0 Å². The molecule has 0 aromatic heterocycles. The van der Waals surface area contributed by atoms with E-state index in [-0.39, 0.29) is 6.42 Å². The van der Waals surface area contributed by atoms with Gasteiger partial charge in [0.1, 0.15) is 5.75 Å². The lowest BCUT2D eigenvalue weighted by molar-refractivity contribution is -0.144. The summed E-state index contributed by atoms with van der Waals surface area (Å²) >= 11 is 12.2. The molecule has 3 aromatic rings. The molecule has 0 unspecified atom stereocenters. The van der Waals surface area contributed by atoms with E-state index in [0.717, 1.165) is 10.8 Å². The van der Waals surface area contributed by atoms with Crippen molar-refractivity contribution in [2.24, 2.45) is 0 Å². The molecule has 0 saturated carbocycles. The Morgan fingerprint density at radius 2 is 1.71 bits per heavy atom. The van der Waals surface area contributed by atoms with Crippen molar-refractivity contribution < 1.29 is 14.6 Å². The third-order valence-electron chi connectivity index (χ3n) is 3.73. The highest BCUT2D eigenvalue weighted by Gasteiger charge is 2.22. The van der Waals surface area contributed by atoms with Crippen molar-refractivity contribution in [3.8, 4) is 5.75 Å². The molecule has 1 atom stereocenters. The lowest BCUT2D eigenvalue weighted by Gasteiger charge is -2.17. The molecule has 0 amide bonds. The van der Waals surface area contributed by atoms with Crippen molar-refractivity contribution in [2.45, 2.75) is 12.5 Å². The first kappa shape index (κ1) is 16.6. The molecular weight excluding hydrogens is 347 g/mol. The number of hydrogen-bond acceptors (Lipinski definition) is 2. The van der Waals surface area contributed by atoms with Gasteiger partial charge in [0.05, 0.1) is 10.0 Å². The zero-order chi connectivity index (χ0) is 17.1. The predicted molar refractivity (Wildman–Crippen MR) is 96.2 cm³/mol. The van der Waals surface area contributed by atoms with E-state index in [0.29, 0.717) is 21.4 Å². The Morgan fingerprint density at radius 3 is 2.50 bits per heavy atom. The Hall–Kier alpha value is -2.23. The van der Waals surface area contributed by atoms with E-state index >= 15 is 0 Å². The molecule has 5 heteroatoms. The summed E-state index contributed by atoms with van der Waals surface area (Å²) in [6.45, 7) is 0. The first-order chi connectivity index (χ1) is 11.6. The number of hydrogen-bond donors (Lipinski definition) is 1. The van der Waals surface area contributed by atoms with E-state index in [1.807, 2.05) is 36.4 Å². The highest BCUT2D eigenvalue weighted by molar-refractivity contribution is 6.42. The van der Waals surface area contributed by atoms with E-state index in [1.54, 1.807) is 24.3 Å². The second kappa shape index (κ2) is 7.12. The molecule has 0 spiro atoms. The van der Waals surface area contributed by atoms with E-state index < -0.39 is 12.1 Å². The minimum Gasteiger partial charge on any atom is -0.478 e. The SMILES string of the molecule is O=C(O)[C@H](Cc1cccc(Cl)c1Cl)Oc1cccc2ccccc12. The van der Waals surface area contributed by atoms with Crippen LogP contribution in [0.15, 0.2) is 60.7 Å². The van der Waals surface area contributed by atoms with Crippen LogP contribution in [0.25, 0.3) is 10.8 Å². The molecule has 0 aliphatic carbocycles. The van der Waals surface area contributed by atoms with Gasteiger partial charge in [0, 0.05) is 11.8 Å². The van der Waals surface area contributed by atoms with Crippen molar-refractivity contribution >= 4 is 39.9 Å². The molecule has 3 nitrogen and oxygen atoms in total. The van der Waals surface area contributed by atoms with Crippen LogP contribution in [-0.2, 0) is 11.2 Å². The number of rotatable bonds is 5. The highest BCUT2D eigenvalue weighted by Crippen LogP contribution is 2.29. The van der Waals surface area contributed by atoms with Gasteiger partial charge < -0.3 is 9.84 Å². The van der Waals surface area contributed by atoms with Crippen LogP contribution in [0, 0.1) is 0 Å². The standard InChI is InChI=1S/C19H14Cl2O3/c20-15-9-3-7-13(18(15)21)11-17(19(22)23)24-16-10-4-6-12-5-1-2-8-14(12)16/h1-10,17H,11H2,(H,22,23)/t17-/m0/s1. The van der Waals surface area contributed by atoms with Crippen LogP contribution in [-0.4, -0.2) is 17.2 Å². The smallest absolute Gasteiger partial charge is 0.345 e. The van der Waals surface area contributed by atoms with Gasteiger partial charge in [-0.3, -0.25) is 0 Å². The average Bonchev–Trinajstić information content (AvgIpc) is 2.58. The molecule has 0 bridgehead atoms. The molecule has 0 radical (unpaired) electrons. The number of halogens is 2. The molecule has 0 aliphatic rings. The van der Waals surface area contributed by atoms with Gasteiger partial charge in [0.15, 0.2) is 6.10 Å². The molecule has 3 aromatic carbocycles. The third kappa shape index (κ3) is 3.48. The molecule has 0 saturated heterocycles. The Bertz CT molecular complexity index is 887. The summed E-state index contributed by atoms with van der Waals surface area (Å²) in [5, 5.41) is 12.1. The zero-order valence-electron chi connectivity index (χ0n) is 12.6. The number of carboxylic acids is 1. The van der Waals surface area contributed by atoms with Gasteiger partial charge in [0.2, 0.25) is 0 Å². The Labute approximate surface area is 149 Å². The van der Waals surface area contributed by atoms with Gasteiger partial charge in [0.25, 0.3) is 0 Å². The minimum atomic E-state index is -1.06. The van der Waals surface area contributed by atoms with Crippen LogP contribution >= 0.6 is 23.2 Å². The number of carboxylic acid groups (broad SMARTS) is 1. The van der Waals surface area contributed by atoms with Crippen molar-refractivity contribution in [1.29, 1.82) is 0 Å². The van der Waals surface area contributed by atoms with E-state index in [4.69, 9.17) is 27.9 Å². The summed E-state index contributed by atoms with van der Waals surface area (Å²) in [7, 11) is 0. The highest BCUT2D eigenvalue weighted by atomic mass is 35.5. The monoisotopic (exact) mass is 360 g/mol. The van der Waals surface area contributed by atoms with Crippen molar-refractivity contribution in [1.82, 2.24) is 0 Å². The van der Waals surface area contributed by atoms with Crippen molar-refractivity contribution in [3.05, 3.63) is 76.3 Å². The normalized spacial score (nSPS) is 12.1. The predicted octanol–water partition coefficient (Wildman–Crippen LogP) is 5.22. The van der Waals surface area contributed by atoms with E-state index in [9.17, 15) is 9.90 Å².